The van der Waals surface area contributed by atoms with E-state index in [0.717, 1.165) is 5.76 Å². The van der Waals surface area contributed by atoms with Gasteiger partial charge in [-0.2, -0.15) is 0 Å². The van der Waals surface area contributed by atoms with E-state index in [-0.39, 0.29) is 11.7 Å². The fourth-order valence-electron chi connectivity index (χ4n) is 2.07. The van der Waals surface area contributed by atoms with Crippen molar-refractivity contribution in [3.63, 3.8) is 0 Å². The molecule has 1 heterocycles. The Hall–Kier alpha value is -2.83. The lowest BCUT2D eigenvalue weighted by atomic mass is 10.1. The second kappa shape index (κ2) is 6.30. The monoisotopic (exact) mass is 303 g/mol. The van der Waals surface area contributed by atoms with Gasteiger partial charge < -0.3 is 15.1 Å². The van der Waals surface area contributed by atoms with Crippen LogP contribution in [0.25, 0.3) is 0 Å². The number of rotatable bonds is 4. The largest absolute Gasteiger partial charge is 0.464 e. The summed E-state index contributed by atoms with van der Waals surface area (Å²) in [6.07, 6.45) is 0. The number of nitrogens with zero attached hydrogens (tertiary/aromatic N) is 1. The number of benzene rings is 1. The Morgan fingerprint density at radius 3 is 2.59 bits per heavy atom. The van der Waals surface area contributed by atoms with Crippen LogP contribution in [0, 0.1) is 24.0 Å². The maximum absolute atomic E-state index is 12.0. The van der Waals surface area contributed by atoms with E-state index in [1.165, 1.54) is 12.1 Å². The molecule has 7 heteroatoms. The summed E-state index contributed by atoms with van der Waals surface area (Å²) in [6, 6.07) is 7.38. The molecule has 2 amide bonds. The van der Waals surface area contributed by atoms with Crippen LogP contribution in [0.15, 0.2) is 34.7 Å². The van der Waals surface area contributed by atoms with Crippen molar-refractivity contribution in [3.8, 4) is 0 Å². The van der Waals surface area contributed by atoms with E-state index in [0.29, 0.717) is 17.0 Å². The van der Waals surface area contributed by atoms with Gasteiger partial charge >= 0.3 is 6.03 Å². The number of hydrogen-bond acceptors (Lipinski definition) is 4. The van der Waals surface area contributed by atoms with Gasteiger partial charge in [-0.3, -0.25) is 10.1 Å². The predicted molar refractivity (Wildman–Crippen MR) is 81.8 cm³/mol. The van der Waals surface area contributed by atoms with E-state index in [4.69, 9.17) is 4.42 Å². The lowest BCUT2D eigenvalue weighted by Crippen LogP contribution is -2.31. The molecule has 2 N–H and O–H groups in total. The Labute approximate surface area is 127 Å². The first-order chi connectivity index (χ1) is 10.4. The van der Waals surface area contributed by atoms with Gasteiger partial charge in [-0.1, -0.05) is 6.07 Å². The number of anilines is 1. The molecule has 0 unspecified atom stereocenters. The molecule has 1 aromatic heterocycles. The van der Waals surface area contributed by atoms with Gasteiger partial charge in [0, 0.05) is 6.07 Å². The number of amides is 2. The number of hydrogen-bond donors (Lipinski definition) is 2. The van der Waals surface area contributed by atoms with Crippen molar-refractivity contribution in [2.45, 2.75) is 26.8 Å². The lowest BCUT2D eigenvalue weighted by Gasteiger charge is -2.13. The van der Waals surface area contributed by atoms with Crippen molar-refractivity contribution in [1.29, 1.82) is 0 Å². The summed E-state index contributed by atoms with van der Waals surface area (Å²) in [6.45, 7) is 5.20. The summed E-state index contributed by atoms with van der Waals surface area (Å²) in [7, 11) is 0. The normalized spacial score (nSPS) is 11.8. The topological polar surface area (TPSA) is 97.4 Å². The molecule has 116 valence electrons. The molecule has 0 aliphatic carbocycles. The fraction of sp³-hybridized carbons (Fsp3) is 0.267. The molecule has 22 heavy (non-hydrogen) atoms. The maximum atomic E-state index is 12.0. The zero-order chi connectivity index (χ0) is 16.3. The van der Waals surface area contributed by atoms with E-state index in [1.54, 1.807) is 26.0 Å². The van der Waals surface area contributed by atoms with Crippen molar-refractivity contribution in [2.24, 2.45) is 0 Å². The summed E-state index contributed by atoms with van der Waals surface area (Å²) in [5, 5.41) is 16.2. The minimum absolute atomic E-state index is 0.0347. The Morgan fingerprint density at radius 2 is 2.00 bits per heavy atom. The van der Waals surface area contributed by atoms with E-state index < -0.39 is 11.0 Å². The first kappa shape index (κ1) is 15.6. The van der Waals surface area contributed by atoms with Gasteiger partial charge in [0.15, 0.2) is 0 Å². The SMILES string of the molecule is Cc1ccc([C@@H](C)NC(=O)Nc2cccc([N+](=O)[O-])c2C)o1. The van der Waals surface area contributed by atoms with Gasteiger partial charge in [-0.15, -0.1) is 0 Å². The molecule has 7 nitrogen and oxygen atoms in total. The fourth-order valence-corrected chi connectivity index (χ4v) is 2.07. The second-order valence-corrected chi connectivity index (χ2v) is 4.98. The number of nitro benzene ring substituents is 1. The molecule has 0 spiro atoms. The van der Waals surface area contributed by atoms with Crippen molar-refractivity contribution in [1.82, 2.24) is 5.32 Å². The standard InChI is InChI=1S/C15H17N3O4/c1-9-7-8-14(22-9)11(3)16-15(19)17-12-5-4-6-13(10(12)2)18(20)21/h4-8,11H,1-3H3,(H2,16,17,19)/t11-/m1/s1. The highest BCUT2D eigenvalue weighted by Crippen LogP contribution is 2.25. The molecule has 0 saturated heterocycles. The molecular formula is C15H17N3O4. The highest BCUT2D eigenvalue weighted by atomic mass is 16.6. The second-order valence-electron chi connectivity index (χ2n) is 4.98. The van der Waals surface area contributed by atoms with Crippen LogP contribution >= 0.6 is 0 Å². The Bertz CT molecular complexity index is 709. The minimum Gasteiger partial charge on any atom is -0.464 e. The Kier molecular flexibility index (Phi) is 4.45. The molecule has 0 aliphatic heterocycles. The number of nitrogens with one attached hydrogen (secondary N) is 2. The molecular weight excluding hydrogens is 286 g/mol. The first-order valence-electron chi connectivity index (χ1n) is 6.76. The van der Waals surface area contributed by atoms with Gasteiger partial charge in [0.25, 0.3) is 5.69 Å². The average molecular weight is 303 g/mol. The third-order valence-electron chi connectivity index (χ3n) is 3.29. The summed E-state index contributed by atoms with van der Waals surface area (Å²) in [5.41, 5.74) is 0.770. The number of aryl methyl sites for hydroxylation is 1. The maximum Gasteiger partial charge on any atom is 0.319 e. The molecule has 2 rings (SSSR count). The summed E-state index contributed by atoms with van der Waals surface area (Å²) in [4.78, 5) is 22.4. The molecule has 0 radical (unpaired) electrons. The molecule has 0 fully saturated rings. The van der Waals surface area contributed by atoms with Crippen LogP contribution < -0.4 is 10.6 Å². The number of nitro groups is 1. The molecule has 0 saturated carbocycles. The molecule has 2 aromatic rings. The van der Waals surface area contributed by atoms with Crippen molar-refractivity contribution >= 4 is 17.4 Å². The third kappa shape index (κ3) is 3.43. The van der Waals surface area contributed by atoms with E-state index in [9.17, 15) is 14.9 Å². The average Bonchev–Trinajstić information content (AvgIpc) is 2.87. The van der Waals surface area contributed by atoms with Gasteiger partial charge in [0.2, 0.25) is 0 Å². The highest BCUT2D eigenvalue weighted by molar-refractivity contribution is 5.90. The Morgan fingerprint density at radius 1 is 1.27 bits per heavy atom. The van der Waals surface area contributed by atoms with Crippen LogP contribution in [-0.4, -0.2) is 11.0 Å². The smallest absolute Gasteiger partial charge is 0.319 e. The summed E-state index contributed by atoms with van der Waals surface area (Å²) >= 11 is 0. The van der Waals surface area contributed by atoms with Gasteiger partial charge in [0.1, 0.15) is 11.5 Å². The quantitative estimate of drug-likeness (QED) is 0.665. The van der Waals surface area contributed by atoms with Crippen LogP contribution in [0.2, 0.25) is 0 Å². The van der Waals surface area contributed by atoms with Gasteiger partial charge in [-0.25, -0.2) is 4.79 Å². The van der Waals surface area contributed by atoms with Crippen LogP contribution in [0.5, 0.6) is 0 Å². The molecule has 1 aromatic carbocycles. The van der Waals surface area contributed by atoms with Crippen LogP contribution in [0.1, 0.15) is 30.0 Å². The van der Waals surface area contributed by atoms with Crippen molar-refractivity contribution < 1.29 is 14.1 Å². The van der Waals surface area contributed by atoms with Crippen molar-refractivity contribution in [3.05, 3.63) is 57.5 Å². The van der Waals surface area contributed by atoms with Gasteiger partial charge in [-0.05, 0) is 39.0 Å². The van der Waals surface area contributed by atoms with Crippen LogP contribution in [0.4, 0.5) is 16.2 Å². The third-order valence-corrected chi connectivity index (χ3v) is 3.29. The van der Waals surface area contributed by atoms with E-state index in [2.05, 4.69) is 10.6 Å². The molecule has 0 bridgehead atoms. The zero-order valence-electron chi connectivity index (χ0n) is 12.5. The summed E-state index contributed by atoms with van der Waals surface area (Å²) < 4.78 is 5.44. The van der Waals surface area contributed by atoms with E-state index >= 15 is 0 Å². The van der Waals surface area contributed by atoms with Crippen molar-refractivity contribution in [2.75, 3.05) is 5.32 Å². The van der Waals surface area contributed by atoms with Crippen LogP contribution in [-0.2, 0) is 0 Å². The first-order valence-corrected chi connectivity index (χ1v) is 6.76. The minimum atomic E-state index is -0.479. The van der Waals surface area contributed by atoms with Gasteiger partial charge in [0.05, 0.1) is 22.2 Å². The molecule has 1 atom stereocenters. The molecule has 0 aliphatic rings. The number of furan rings is 1. The predicted octanol–water partition coefficient (Wildman–Crippen LogP) is 3.69. The van der Waals surface area contributed by atoms with Crippen LogP contribution in [0.3, 0.4) is 0 Å². The summed E-state index contributed by atoms with van der Waals surface area (Å²) in [5.74, 6) is 1.40. The Balaban J connectivity index is 2.06. The lowest BCUT2D eigenvalue weighted by molar-refractivity contribution is -0.385. The number of carbonyl (C=O) groups excluding carboxylic acids is 1. The zero-order valence-corrected chi connectivity index (χ0v) is 12.5. The highest BCUT2D eigenvalue weighted by Gasteiger charge is 2.17. The number of urea groups is 1. The van der Waals surface area contributed by atoms with E-state index in [1.807, 2.05) is 13.0 Å². The number of carbonyl (C=O) groups is 1.